The predicted molar refractivity (Wildman–Crippen MR) is 77.7 cm³/mol. The third-order valence-corrected chi connectivity index (χ3v) is 3.33. The van der Waals surface area contributed by atoms with Gasteiger partial charge < -0.3 is 14.8 Å². The molecular weight excluding hydrogens is 262 g/mol. The molecule has 0 atom stereocenters. The summed E-state index contributed by atoms with van der Waals surface area (Å²) in [4.78, 5) is 9.99. The number of hydrogen-bond donors (Lipinski definition) is 1. The maximum absolute atomic E-state index is 5.51. The van der Waals surface area contributed by atoms with E-state index < -0.39 is 0 Å². The topological polar surface area (TPSA) is 56.3 Å². The van der Waals surface area contributed by atoms with E-state index in [4.69, 9.17) is 9.47 Å². The number of rotatable bonds is 8. The average molecular weight is 281 g/mol. The summed E-state index contributed by atoms with van der Waals surface area (Å²) in [5.74, 6) is 1.60. The highest BCUT2D eigenvalue weighted by Crippen LogP contribution is 2.25. The largest absolute Gasteiger partial charge is 0.379 e. The van der Waals surface area contributed by atoms with Gasteiger partial charge in [0.05, 0.1) is 18.6 Å². The van der Waals surface area contributed by atoms with Gasteiger partial charge in [0.1, 0.15) is 17.3 Å². The molecule has 2 aromatic heterocycles. The minimum absolute atomic E-state index is 0.416. The van der Waals surface area contributed by atoms with E-state index in [0.29, 0.717) is 32.3 Å². The number of fused-ring (bicyclic) bond motifs is 1. The molecule has 0 aromatic carbocycles. The first kappa shape index (κ1) is 14.2. The number of nitrogens with zero attached hydrogens (tertiary/aromatic N) is 2. The number of ether oxygens (including phenoxy) is 2. The van der Waals surface area contributed by atoms with E-state index in [1.165, 1.54) is 0 Å². The summed E-state index contributed by atoms with van der Waals surface area (Å²) >= 11 is 1.62. The van der Waals surface area contributed by atoms with Crippen LogP contribution >= 0.6 is 11.3 Å². The maximum Gasteiger partial charge on any atom is 0.158 e. The van der Waals surface area contributed by atoms with Gasteiger partial charge in [0.2, 0.25) is 0 Å². The van der Waals surface area contributed by atoms with Crippen molar-refractivity contribution in [3.05, 3.63) is 17.3 Å². The predicted octanol–water partition coefficient (Wildman–Crippen LogP) is 2.68. The lowest BCUT2D eigenvalue weighted by Gasteiger charge is -2.07. The van der Waals surface area contributed by atoms with Crippen LogP contribution in [-0.2, 0) is 16.1 Å². The summed E-state index contributed by atoms with van der Waals surface area (Å²) < 4.78 is 10.7. The Morgan fingerprint density at radius 1 is 1.21 bits per heavy atom. The minimum Gasteiger partial charge on any atom is -0.379 e. The van der Waals surface area contributed by atoms with Gasteiger partial charge in [-0.3, -0.25) is 0 Å². The van der Waals surface area contributed by atoms with Crippen molar-refractivity contribution in [1.29, 1.82) is 0 Å². The smallest absolute Gasteiger partial charge is 0.158 e. The highest BCUT2D eigenvalue weighted by molar-refractivity contribution is 7.16. The molecule has 0 bridgehead atoms. The van der Waals surface area contributed by atoms with Crippen LogP contribution in [0.4, 0.5) is 5.82 Å². The van der Waals surface area contributed by atoms with Crippen molar-refractivity contribution in [2.75, 3.05) is 31.7 Å². The number of hydrogen-bond acceptors (Lipinski definition) is 6. The van der Waals surface area contributed by atoms with Gasteiger partial charge in [-0.2, -0.15) is 0 Å². The first-order valence-electron chi connectivity index (χ1n) is 6.48. The Hall–Kier alpha value is -1.24. The average Bonchev–Trinajstić information content (AvgIpc) is 2.87. The SMILES string of the molecule is CCNc1nc(COCCOCC)nc2sccc12. The fourth-order valence-electron chi connectivity index (χ4n) is 1.69. The fraction of sp³-hybridized carbons (Fsp3) is 0.538. The second-order valence-corrected chi connectivity index (χ2v) is 4.80. The summed E-state index contributed by atoms with van der Waals surface area (Å²) in [5, 5.41) is 6.36. The van der Waals surface area contributed by atoms with Crippen LogP contribution in [-0.4, -0.2) is 36.3 Å². The van der Waals surface area contributed by atoms with Gasteiger partial charge in [-0.15, -0.1) is 11.3 Å². The third kappa shape index (κ3) is 3.86. The molecule has 2 rings (SSSR count). The Balaban J connectivity index is 2.02. The molecule has 104 valence electrons. The lowest BCUT2D eigenvalue weighted by molar-refractivity contribution is 0.0430. The number of thiophene rings is 1. The first-order chi connectivity index (χ1) is 9.35. The molecule has 0 saturated carbocycles. The van der Waals surface area contributed by atoms with Crippen molar-refractivity contribution in [3.63, 3.8) is 0 Å². The van der Waals surface area contributed by atoms with Crippen LogP contribution in [0.3, 0.4) is 0 Å². The molecule has 0 aliphatic carbocycles. The van der Waals surface area contributed by atoms with Crippen LogP contribution in [0.1, 0.15) is 19.7 Å². The van der Waals surface area contributed by atoms with Crippen LogP contribution in [0, 0.1) is 0 Å². The van der Waals surface area contributed by atoms with E-state index in [1.807, 2.05) is 18.4 Å². The molecule has 19 heavy (non-hydrogen) atoms. The molecule has 0 spiro atoms. The summed E-state index contributed by atoms with van der Waals surface area (Å²) in [7, 11) is 0. The summed E-state index contributed by atoms with van der Waals surface area (Å²) in [6.45, 7) is 7.17. The van der Waals surface area contributed by atoms with Crippen molar-refractivity contribution in [1.82, 2.24) is 9.97 Å². The summed E-state index contributed by atoms with van der Waals surface area (Å²) in [5.41, 5.74) is 0. The monoisotopic (exact) mass is 281 g/mol. The summed E-state index contributed by atoms with van der Waals surface area (Å²) in [6, 6.07) is 2.04. The number of nitrogens with one attached hydrogen (secondary N) is 1. The van der Waals surface area contributed by atoms with Crippen LogP contribution in [0.25, 0.3) is 10.2 Å². The zero-order chi connectivity index (χ0) is 13.5. The van der Waals surface area contributed by atoms with Crippen LogP contribution in [0.5, 0.6) is 0 Å². The third-order valence-electron chi connectivity index (χ3n) is 2.52. The Morgan fingerprint density at radius 2 is 2.05 bits per heavy atom. The zero-order valence-electron chi connectivity index (χ0n) is 11.3. The molecule has 6 heteroatoms. The molecule has 0 saturated heterocycles. The van der Waals surface area contributed by atoms with Gasteiger partial charge in [0.15, 0.2) is 5.82 Å². The lowest BCUT2D eigenvalue weighted by Crippen LogP contribution is -2.08. The van der Waals surface area contributed by atoms with E-state index in [-0.39, 0.29) is 0 Å². The zero-order valence-corrected chi connectivity index (χ0v) is 12.1. The second kappa shape index (κ2) is 7.37. The van der Waals surface area contributed by atoms with Gasteiger partial charge in [0, 0.05) is 13.2 Å². The first-order valence-corrected chi connectivity index (χ1v) is 7.36. The Kier molecular flexibility index (Phi) is 5.50. The van der Waals surface area contributed by atoms with Gasteiger partial charge in [0.25, 0.3) is 0 Å². The van der Waals surface area contributed by atoms with Gasteiger partial charge in [-0.1, -0.05) is 0 Å². The van der Waals surface area contributed by atoms with E-state index in [9.17, 15) is 0 Å². The van der Waals surface area contributed by atoms with Gasteiger partial charge >= 0.3 is 0 Å². The molecular formula is C13H19N3O2S. The molecule has 0 fully saturated rings. The molecule has 0 aliphatic rings. The van der Waals surface area contributed by atoms with Crippen molar-refractivity contribution < 1.29 is 9.47 Å². The molecule has 0 aliphatic heterocycles. The van der Waals surface area contributed by atoms with Crippen molar-refractivity contribution in [3.8, 4) is 0 Å². The van der Waals surface area contributed by atoms with E-state index in [2.05, 4.69) is 22.2 Å². The Labute approximate surface area is 117 Å². The highest BCUT2D eigenvalue weighted by Gasteiger charge is 2.08. The van der Waals surface area contributed by atoms with Crippen molar-refractivity contribution in [2.45, 2.75) is 20.5 Å². The molecule has 1 N–H and O–H groups in total. The maximum atomic E-state index is 5.51. The lowest BCUT2D eigenvalue weighted by atomic mass is 10.3. The summed E-state index contributed by atoms with van der Waals surface area (Å²) in [6.07, 6.45) is 0. The van der Waals surface area contributed by atoms with Crippen LogP contribution in [0.15, 0.2) is 11.4 Å². The van der Waals surface area contributed by atoms with Gasteiger partial charge in [-0.05, 0) is 25.3 Å². The second-order valence-electron chi connectivity index (χ2n) is 3.91. The molecule has 5 nitrogen and oxygen atoms in total. The molecule has 0 amide bonds. The Bertz CT molecular complexity index is 516. The molecule has 2 aromatic rings. The molecule has 0 unspecified atom stereocenters. The highest BCUT2D eigenvalue weighted by atomic mass is 32.1. The van der Waals surface area contributed by atoms with E-state index in [1.54, 1.807) is 11.3 Å². The Morgan fingerprint density at radius 3 is 2.84 bits per heavy atom. The van der Waals surface area contributed by atoms with Crippen LogP contribution < -0.4 is 5.32 Å². The van der Waals surface area contributed by atoms with Gasteiger partial charge in [-0.25, -0.2) is 9.97 Å². The van der Waals surface area contributed by atoms with Crippen molar-refractivity contribution in [2.24, 2.45) is 0 Å². The van der Waals surface area contributed by atoms with Crippen LogP contribution in [0.2, 0.25) is 0 Å². The minimum atomic E-state index is 0.416. The van der Waals surface area contributed by atoms with E-state index >= 15 is 0 Å². The standard InChI is InChI=1S/C13H19N3O2S/c1-3-14-12-10-5-8-19-13(10)16-11(15-12)9-18-7-6-17-4-2/h5,8H,3-4,6-7,9H2,1-2H3,(H,14,15,16). The number of aromatic nitrogens is 2. The number of anilines is 1. The normalized spacial score (nSPS) is 11.1. The fourth-order valence-corrected chi connectivity index (χ4v) is 2.47. The van der Waals surface area contributed by atoms with E-state index in [0.717, 1.165) is 22.6 Å². The molecule has 2 heterocycles. The quantitative estimate of drug-likeness (QED) is 0.754. The molecule has 0 radical (unpaired) electrons. The van der Waals surface area contributed by atoms with Crippen molar-refractivity contribution >= 4 is 27.4 Å².